The molecule has 0 aliphatic heterocycles. The van der Waals surface area contributed by atoms with Crippen LogP contribution >= 0.6 is 15.9 Å². The maximum atomic E-state index is 15.7. The Morgan fingerprint density at radius 3 is 1.80 bits per heavy atom. The molecule has 1 nitrogen and oxygen atoms in total. The molecule has 6 rings (SSSR count). The van der Waals surface area contributed by atoms with E-state index in [0.29, 0.717) is 43.8 Å². The Bertz CT molecular complexity index is 1770. The van der Waals surface area contributed by atoms with Gasteiger partial charge in [0.05, 0.1) is 5.41 Å². The van der Waals surface area contributed by atoms with Crippen LogP contribution < -0.4 is 4.74 Å². The van der Waals surface area contributed by atoms with Gasteiger partial charge < -0.3 is 4.74 Å². The van der Waals surface area contributed by atoms with Gasteiger partial charge in [-0.1, -0.05) is 83.2 Å². The van der Waals surface area contributed by atoms with Gasteiger partial charge >= 0.3 is 0 Å². The molecule has 0 spiro atoms. The van der Waals surface area contributed by atoms with E-state index in [4.69, 9.17) is 4.74 Å². The first kappa shape index (κ1) is 26.0. The van der Waals surface area contributed by atoms with E-state index in [1.807, 2.05) is 12.1 Å². The average molecular weight is 605 g/mol. The van der Waals surface area contributed by atoms with E-state index in [9.17, 15) is 13.2 Å². The summed E-state index contributed by atoms with van der Waals surface area (Å²) in [5.41, 5.74) is 0.416. The van der Waals surface area contributed by atoms with Crippen molar-refractivity contribution < 1.29 is 26.7 Å². The maximum absolute atomic E-state index is 15.7. The first-order valence-electron chi connectivity index (χ1n) is 12.2. The molecule has 5 aromatic rings. The molecule has 0 saturated heterocycles. The van der Waals surface area contributed by atoms with Gasteiger partial charge in [-0.3, -0.25) is 0 Å². The third-order valence-corrected chi connectivity index (χ3v) is 7.72. The summed E-state index contributed by atoms with van der Waals surface area (Å²) in [6, 6.07) is 25.6. The highest BCUT2D eigenvalue weighted by molar-refractivity contribution is 9.10. The van der Waals surface area contributed by atoms with E-state index in [0.717, 1.165) is 5.56 Å². The Morgan fingerprint density at radius 2 is 1.18 bits per heavy atom. The lowest BCUT2D eigenvalue weighted by Gasteiger charge is -2.34. The van der Waals surface area contributed by atoms with Gasteiger partial charge in [-0.2, -0.15) is 0 Å². The standard InChI is InChI=1S/C33H18BrF5O/c1-2-18-7-12-21(13-8-18)40-22-14-9-19(10-15-22)33(27-28(35)30(37)32(39)31(38)29(27)36)25-6-4-3-5-23(25)24-16-11-20(34)17-26(24)33/h2-17H,1H2. The molecule has 0 amide bonds. The average Bonchev–Trinajstić information content (AvgIpc) is 3.26. The summed E-state index contributed by atoms with van der Waals surface area (Å²) >= 11 is 3.42. The lowest BCUT2D eigenvalue weighted by molar-refractivity contribution is 0.363. The van der Waals surface area contributed by atoms with E-state index >= 15 is 8.78 Å². The lowest BCUT2D eigenvalue weighted by Crippen LogP contribution is -2.32. The second-order valence-electron chi connectivity index (χ2n) is 9.33. The van der Waals surface area contributed by atoms with Gasteiger partial charge in [-0.15, -0.1) is 0 Å². The van der Waals surface area contributed by atoms with Crippen molar-refractivity contribution in [3.8, 4) is 22.6 Å². The fourth-order valence-corrected chi connectivity index (χ4v) is 5.85. The van der Waals surface area contributed by atoms with Crippen LogP contribution in [0.15, 0.2) is 102 Å². The van der Waals surface area contributed by atoms with Gasteiger partial charge in [-0.25, -0.2) is 22.0 Å². The molecular weight excluding hydrogens is 587 g/mol. The van der Waals surface area contributed by atoms with E-state index in [1.165, 1.54) is 0 Å². The highest BCUT2D eigenvalue weighted by Gasteiger charge is 2.51. The molecule has 0 aromatic heterocycles. The largest absolute Gasteiger partial charge is 0.457 e. The van der Waals surface area contributed by atoms with Crippen LogP contribution in [0.25, 0.3) is 17.2 Å². The second kappa shape index (κ2) is 9.75. The zero-order valence-corrected chi connectivity index (χ0v) is 22.2. The van der Waals surface area contributed by atoms with E-state index in [1.54, 1.807) is 84.9 Å². The lowest BCUT2D eigenvalue weighted by atomic mass is 9.67. The van der Waals surface area contributed by atoms with Crippen molar-refractivity contribution >= 4 is 22.0 Å². The summed E-state index contributed by atoms with van der Waals surface area (Å²) in [6.07, 6.45) is 1.70. The van der Waals surface area contributed by atoms with Crippen LogP contribution in [0.4, 0.5) is 22.0 Å². The summed E-state index contributed by atoms with van der Waals surface area (Å²) in [5.74, 6) is -9.02. The highest BCUT2D eigenvalue weighted by Crippen LogP contribution is 2.58. The Kier molecular flexibility index (Phi) is 6.34. The Balaban J connectivity index is 1.63. The molecule has 0 bridgehead atoms. The topological polar surface area (TPSA) is 9.23 Å². The van der Waals surface area contributed by atoms with E-state index in [2.05, 4.69) is 22.5 Å². The Hall–Kier alpha value is -4.23. The monoisotopic (exact) mass is 604 g/mol. The molecule has 7 heteroatoms. The number of hydrogen-bond acceptors (Lipinski definition) is 1. The zero-order valence-electron chi connectivity index (χ0n) is 20.6. The van der Waals surface area contributed by atoms with Crippen molar-refractivity contribution in [2.24, 2.45) is 0 Å². The first-order chi connectivity index (χ1) is 19.3. The first-order valence-corrected chi connectivity index (χ1v) is 13.0. The fourth-order valence-electron chi connectivity index (χ4n) is 5.49. The van der Waals surface area contributed by atoms with Gasteiger partial charge in [0.15, 0.2) is 23.3 Å². The fraction of sp³-hybridized carbons (Fsp3) is 0.0303. The van der Waals surface area contributed by atoms with Crippen LogP contribution in [0.2, 0.25) is 0 Å². The normalized spacial score (nSPS) is 15.4. The van der Waals surface area contributed by atoms with Crippen LogP contribution in [0.3, 0.4) is 0 Å². The molecule has 0 radical (unpaired) electrons. The molecule has 0 fully saturated rings. The van der Waals surface area contributed by atoms with Crippen LogP contribution in [0, 0.1) is 29.1 Å². The Morgan fingerprint density at radius 1 is 0.625 bits per heavy atom. The number of halogens is 6. The molecule has 0 heterocycles. The van der Waals surface area contributed by atoms with Gasteiger partial charge in [0, 0.05) is 10.0 Å². The molecule has 1 atom stereocenters. The molecule has 0 N–H and O–H groups in total. The highest BCUT2D eigenvalue weighted by atomic mass is 79.9. The minimum absolute atomic E-state index is 0.300. The number of rotatable bonds is 5. The summed E-state index contributed by atoms with van der Waals surface area (Å²) in [5, 5.41) is 0. The van der Waals surface area contributed by atoms with Gasteiger partial charge in [0.1, 0.15) is 11.5 Å². The van der Waals surface area contributed by atoms with Crippen molar-refractivity contribution in [2.75, 3.05) is 0 Å². The molecule has 198 valence electrons. The number of fused-ring (bicyclic) bond motifs is 3. The summed E-state index contributed by atoms with van der Waals surface area (Å²) in [4.78, 5) is 0. The Labute approximate surface area is 235 Å². The zero-order chi connectivity index (χ0) is 28.2. The van der Waals surface area contributed by atoms with E-state index < -0.39 is 40.1 Å². The van der Waals surface area contributed by atoms with Gasteiger partial charge in [0.2, 0.25) is 5.82 Å². The molecule has 5 aromatic carbocycles. The molecular formula is C33H18BrF5O. The predicted molar refractivity (Wildman–Crippen MR) is 148 cm³/mol. The second-order valence-corrected chi connectivity index (χ2v) is 10.2. The summed E-state index contributed by atoms with van der Waals surface area (Å²) < 4.78 is 81.7. The molecule has 0 saturated carbocycles. The smallest absolute Gasteiger partial charge is 0.200 e. The quantitative estimate of drug-likeness (QED) is 0.108. The van der Waals surface area contributed by atoms with Crippen LogP contribution in [-0.4, -0.2) is 0 Å². The number of benzene rings is 5. The SMILES string of the molecule is C=Cc1ccc(Oc2ccc(C3(c4c(F)c(F)c(F)c(F)c4F)c4ccccc4-c4ccc(Br)cc43)cc2)cc1. The van der Waals surface area contributed by atoms with Crippen molar-refractivity contribution in [3.63, 3.8) is 0 Å². The third-order valence-electron chi connectivity index (χ3n) is 7.23. The van der Waals surface area contributed by atoms with E-state index in [-0.39, 0.29) is 0 Å². The minimum atomic E-state index is -2.21. The maximum Gasteiger partial charge on any atom is 0.200 e. The van der Waals surface area contributed by atoms with Crippen molar-refractivity contribution in [2.45, 2.75) is 5.41 Å². The van der Waals surface area contributed by atoms with Crippen LogP contribution in [-0.2, 0) is 5.41 Å². The molecule has 1 aliphatic rings. The number of ether oxygens (including phenoxy) is 1. The number of hydrogen-bond donors (Lipinski definition) is 0. The van der Waals surface area contributed by atoms with Crippen LogP contribution in [0.1, 0.15) is 27.8 Å². The minimum Gasteiger partial charge on any atom is -0.457 e. The molecule has 1 aliphatic carbocycles. The molecule has 1 unspecified atom stereocenters. The van der Waals surface area contributed by atoms with Crippen LogP contribution in [0.5, 0.6) is 11.5 Å². The van der Waals surface area contributed by atoms with Gasteiger partial charge in [0.25, 0.3) is 0 Å². The van der Waals surface area contributed by atoms with Crippen molar-refractivity contribution in [1.29, 1.82) is 0 Å². The van der Waals surface area contributed by atoms with Crippen molar-refractivity contribution in [1.82, 2.24) is 0 Å². The third kappa shape index (κ3) is 3.79. The van der Waals surface area contributed by atoms with Crippen molar-refractivity contribution in [3.05, 3.63) is 159 Å². The molecule has 40 heavy (non-hydrogen) atoms. The van der Waals surface area contributed by atoms with Gasteiger partial charge in [-0.05, 0) is 69.8 Å². The predicted octanol–water partition coefficient (Wildman–Crippen LogP) is 9.94. The summed E-state index contributed by atoms with van der Waals surface area (Å²) in [6.45, 7) is 3.72. The summed E-state index contributed by atoms with van der Waals surface area (Å²) in [7, 11) is 0.